The summed E-state index contributed by atoms with van der Waals surface area (Å²) in [4.78, 5) is 55.7. The van der Waals surface area contributed by atoms with Crippen LogP contribution < -0.4 is 15.5 Å². The number of nitrogens with zero attached hydrogens (tertiary/aromatic N) is 2. The molecule has 0 radical (unpaired) electrons. The minimum atomic E-state index is -0.788. The van der Waals surface area contributed by atoms with Gasteiger partial charge in [0.15, 0.2) is 5.13 Å². The van der Waals surface area contributed by atoms with E-state index in [0.29, 0.717) is 16.4 Å². The molecule has 2 heterocycles. The van der Waals surface area contributed by atoms with Crippen LogP contribution in [-0.2, 0) is 14.3 Å². The second-order valence-corrected chi connectivity index (χ2v) is 8.14. The largest absolute Gasteiger partial charge is 0.462 e. The monoisotopic (exact) mass is 496 g/mol. The second-order valence-electron chi connectivity index (χ2n) is 6.87. The fourth-order valence-electron chi connectivity index (χ4n) is 3.22. The number of anilines is 3. The van der Waals surface area contributed by atoms with E-state index in [1.54, 1.807) is 48.8 Å². The fraction of sp³-hybridized carbons (Fsp3) is 0.0870. The number of ether oxygens (including phenoxy) is 1. The predicted molar refractivity (Wildman–Crippen MR) is 128 cm³/mol. The standard InChI is InChI=1S/C23H17ClN4O5S/c1-2-33-22(32)15-8-3-4-9-16(15)28-20(30)17(24)18(21(28)31)26-14-7-5-6-13(12-14)19(29)27-23-25-10-11-34-23/h3-12,26H,2H2,1H3,(H,25,27,29). The first-order chi connectivity index (χ1) is 16.4. The number of esters is 1. The topological polar surface area (TPSA) is 118 Å². The van der Waals surface area contributed by atoms with Gasteiger partial charge in [0.25, 0.3) is 17.7 Å². The number of benzene rings is 2. The minimum absolute atomic E-state index is 0.0534. The van der Waals surface area contributed by atoms with Crippen LogP contribution in [0.25, 0.3) is 0 Å². The summed E-state index contributed by atoms with van der Waals surface area (Å²) in [6.45, 7) is 1.78. The lowest BCUT2D eigenvalue weighted by Crippen LogP contribution is -2.33. The van der Waals surface area contributed by atoms with Gasteiger partial charge in [-0.15, -0.1) is 11.3 Å². The molecule has 3 aromatic rings. The highest BCUT2D eigenvalue weighted by Crippen LogP contribution is 2.32. The molecule has 1 aliphatic heterocycles. The summed E-state index contributed by atoms with van der Waals surface area (Å²) in [5, 5.41) is 7.33. The lowest BCUT2D eigenvalue weighted by molar-refractivity contribution is -0.120. The summed E-state index contributed by atoms with van der Waals surface area (Å²) in [6.07, 6.45) is 1.57. The number of carbonyl (C=O) groups is 4. The van der Waals surface area contributed by atoms with Crippen molar-refractivity contribution in [2.24, 2.45) is 0 Å². The van der Waals surface area contributed by atoms with Gasteiger partial charge in [0.2, 0.25) is 0 Å². The maximum atomic E-state index is 13.2. The van der Waals surface area contributed by atoms with Crippen LogP contribution in [0.5, 0.6) is 0 Å². The van der Waals surface area contributed by atoms with Gasteiger partial charge < -0.3 is 10.1 Å². The number of aromatic nitrogens is 1. The summed E-state index contributed by atoms with van der Waals surface area (Å²) < 4.78 is 5.03. The molecule has 0 saturated heterocycles. The first kappa shape index (κ1) is 23.1. The Morgan fingerprint density at radius 3 is 2.65 bits per heavy atom. The number of nitrogens with one attached hydrogen (secondary N) is 2. The molecule has 2 aromatic carbocycles. The molecule has 0 unspecified atom stereocenters. The molecular formula is C23H17ClN4O5S. The molecule has 11 heteroatoms. The Morgan fingerprint density at radius 2 is 1.91 bits per heavy atom. The third-order valence-electron chi connectivity index (χ3n) is 4.71. The molecule has 34 heavy (non-hydrogen) atoms. The van der Waals surface area contributed by atoms with E-state index in [1.165, 1.54) is 29.5 Å². The Morgan fingerprint density at radius 1 is 1.12 bits per heavy atom. The smallest absolute Gasteiger partial charge is 0.340 e. The van der Waals surface area contributed by atoms with Crippen molar-refractivity contribution in [3.63, 3.8) is 0 Å². The molecule has 1 aromatic heterocycles. The number of para-hydroxylation sites is 1. The number of amides is 3. The maximum Gasteiger partial charge on any atom is 0.340 e. The molecule has 0 bridgehead atoms. The third kappa shape index (κ3) is 4.54. The number of hydrogen-bond donors (Lipinski definition) is 2. The molecule has 2 N–H and O–H groups in total. The third-order valence-corrected chi connectivity index (χ3v) is 5.75. The molecule has 3 amide bonds. The fourth-order valence-corrected chi connectivity index (χ4v) is 3.95. The van der Waals surface area contributed by atoms with Crippen molar-refractivity contribution in [2.75, 3.05) is 22.1 Å². The zero-order valence-electron chi connectivity index (χ0n) is 17.7. The maximum absolute atomic E-state index is 13.2. The normalized spacial score (nSPS) is 13.3. The molecule has 0 fully saturated rings. The van der Waals surface area contributed by atoms with Crippen LogP contribution in [0.2, 0.25) is 0 Å². The molecular weight excluding hydrogens is 480 g/mol. The van der Waals surface area contributed by atoms with Crippen LogP contribution in [0.15, 0.2) is 70.8 Å². The lowest BCUT2D eigenvalue weighted by Gasteiger charge is -2.18. The van der Waals surface area contributed by atoms with Crippen molar-refractivity contribution in [1.82, 2.24) is 4.98 Å². The SMILES string of the molecule is CCOC(=O)c1ccccc1N1C(=O)C(Cl)=C(Nc2cccc(C(=O)Nc3nccs3)c2)C1=O. The van der Waals surface area contributed by atoms with Gasteiger partial charge in [-0.05, 0) is 37.3 Å². The van der Waals surface area contributed by atoms with E-state index in [0.717, 1.165) is 4.90 Å². The summed E-state index contributed by atoms with van der Waals surface area (Å²) in [5.41, 5.74) is 0.600. The molecule has 4 rings (SSSR count). The zero-order chi connectivity index (χ0) is 24.2. The first-order valence-corrected chi connectivity index (χ1v) is 11.3. The molecule has 1 aliphatic rings. The van der Waals surface area contributed by atoms with Gasteiger partial charge in [-0.3, -0.25) is 19.7 Å². The summed E-state index contributed by atoms with van der Waals surface area (Å²) >= 11 is 7.49. The quantitative estimate of drug-likeness (QED) is 0.375. The molecule has 0 spiro atoms. The average Bonchev–Trinajstić information content (AvgIpc) is 3.42. The summed E-state index contributed by atoms with van der Waals surface area (Å²) in [6, 6.07) is 12.4. The van der Waals surface area contributed by atoms with Crippen molar-refractivity contribution in [2.45, 2.75) is 6.92 Å². The second kappa shape index (κ2) is 9.86. The number of rotatable bonds is 7. The number of imide groups is 1. The van der Waals surface area contributed by atoms with Crippen LogP contribution in [0.1, 0.15) is 27.6 Å². The van der Waals surface area contributed by atoms with E-state index in [4.69, 9.17) is 16.3 Å². The summed E-state index contributed by atoms with van der Waals surface area (Å²) in [7, 11) is 0. The van der Waals surface area contributed by atoms with Gasteiger partial charge >= 0.3 is 5.97 Å². The molecule has 0 aliphatic carbocycles. The number of hydrogen-bond acceptors (Lipinski definition) is 8. The van der Waals surface area contributed by atoms with Crippen molar-refractivity contribution in [1.29, 1.82) is 0 Å². The van der Waals surface area contributed by atoms with Crippen molar-refractivity contribution in [3.8, 4) is 0 Å². The average molecular weight is 497 g/mol. The van der Waals surface area contributed by atoms with Gasteiger partial charge in [-0.2, -0.15) is 0 Å². The number of carbonyl (C=O) groups excluding carboxylic acids is 4. The van der Waals surface area contributed by atoms with Crippen LogP contribution in [0.4, 0.5) is 16.5 Å². The van der Waals surface area contributed by atoms with E-state index in [1.807, 2.05) is 0 Å². The van der Waals surface area contributed by atoms with Crippen LogP contribution in [0, 0.1) is 0 Å². The van der Waals surface area contributed by atoms with Gasteiger partial charge in [0.05, 0.1) is 17.9 Å². The van der Waals surface area contributed by atoms with E-state index in [9.17, 15) is 19.2 Å². The van der Waals surface area contributed by atoms with E-state index >= 15 is 0 Å². The Hall–Kier alpha value is -4.02. The number of halogens is 1. The zero-order valence-corrected chi connectivity index (χ0v) is 19.3. The molecule has 9 nitrogen and oxygen atoms in total. The Kier molecular flexibility index (Phi) is 6.71. The van der Waals surface area contributed by atoms with Crippen molar-refractivity contribution >= 4 is 63.1 Å². The Labute approximate surface area is 203 Å². The van der Waals surface area contributed by atoms with Crippen LogP contribution in [-0.4, -0.2) is 35.3 Å². The highest BCUT2D eigenvalue weighted by Gasteiger charge is 2.40. The van der Waals surface area contributed by atoms with Crippen molar-refractivity contribution < 1.29 is 23.9 Å². The van der Waals surface area contributed by atoms with Crippen LogP contribution in [0.3, 0.4) is 0 Å². The highest BCUT2D eigenvalue weighted by atomic mass is 35.5. The van der Waals surface area contributed by atoms with E-state index < -0.39 is 23.7 Å². The Balaban J connectivity index is 1.58. The van der Waals surface area contributed by atoms with E-state index in [-0.39, 0.29) is 28.6 Å². The number of thiazole rings is 1. The molecule has 172 valence electrons. The summed E-state index contributed by atoms with van der Waals surface area (Å²) in [5.74, 6) is -2.60. The molecule has 0 saturated carbocycles. The van der Waals surface area contributed by atoms with Crippen LogP contribution >= 0.6 is 22.9 Å². The predicted octanol–water partition coefficient (Wildman–Crippen LogP) is 4.01. The van der Waals surface area contributed by atoms with E-state index in [2.05, 4.69) is 15.6 Å². The minimum Gasteiger partial charge on any atom is -0.462 e. The van der Waals surface area contributed by atoms with Crippen molar-refractivity contribution in [3.05, 3.63) is 82.0 Å². The van der Waals surface area contributed by atoms with Gasteiger partial charge in [0.1, 0.15) is 10.7 Å². The van der Waals surface area contributed by atoms with Gasteiger partial charge in [-0.1, -0.05) is 29.8 Å². The van der Waals surface area contributed by atoms with Gasteiger partial charge in [-0.25, -0.2) is 14.7 Å². The first-order valence-electron chi connectivity index (χ1n) is 10.0. The molecule has 0 atom stereocenters. The van der Waals surface area contributed by atoms with Gasteiger partial charge in [0, 0.05) is 22.8 Å². The Bertz CT molecular complexity index is 1320. The lowest BCUT2D eigenvalue weighted by atomic mass is 10.1. The highest BCUT2D eigenvalue weighted by molar-refractivity contribution is 7.13.